The van der Waals surface area contributed by atoms with Crippen LogP contribution in [0.5, 0.6) is 0 Å². The van der Waals surface area contributed by atoms with Crippen molar-refractivity contribution < 1.29 is 0 Å². The van der Waals surface area contributed by atoms with E-state index < -0.39 is 5.00 Å². The molecule has 27 heavy (non-hydrogen) atoms. The predicted octanol–water partition coefficient (Wildman–Crippen LogP) is 5.15. The van der Waals surface area contributed by atoms with Crippen molar-refractivity contribution >= 4 is 22.4 Å². The number of halogens is 1. The lowest BCUT2D eigenvalue weighted by molar-refractivity contribution is 0.554. The van der Waals surface area contributed by atoms with Gasteiger partial charge in [-0.2, -0.15) is 0 Å². The predicted molar refractivity (Wildman–Crippen MR) is 115 cm³/mol. The molecule has 136 valence electrons. The average molecular weight is 375 g/mol. The average Bonchev–Trinajstić information content (AvgIpc) is 2.71. The molecule has 1 aliphatic rings. The largest absolute Gasteiger partial charge is 0.369 e. The Morgan fingerprint density at radius 1 is 0.852 bits per heavy atom. The fraction of sp³-hybridized carbons (Fsp3) is 0.167. The Labute approximate surface area is 165 Å². The molecule has 1 aliphatic heterocycles. The molecule has 2 nitrogen and oxygen atoms in total. The van der Waals surface area contributed by atoms with Gasteiger partial charge in [0.15, 0.2) is 0 Å². The van der Waals surface area contributed by atoms with Gasteiger partial charge in [-0.3, -0.25) is 0 Å². The second kappa shape index (κ2) is 7.99. The number of dihydropyridines is 1. The highest BCUT2D eigenvalue weighted by Crippen LogP contribution is 2.31. The summed E-state index contributed by atoms with van der Waals surface area (Å²) in [5.41, 5.74) is 3.67. The van der Waals surface area contributed by atoms with Crippen LogP contribution in [0.4, 0.5) is 0 Å². The number of fused-ring (bicyclic) bond motifs is 1. The molecule has 0 aliphatic carbocycles. The SMILES string of the molecule is ClC1(Cc2cccc3ccccc23)NC=CC=C1CNCc1ccccc1. The van der Waals surface area contributed by atoms with E-state index in [0.29, 0.717) is 0 Å². The molecule has 0 spiro atoms. The number of hydrogen-bond acceptors (Lipinski definition) is 2. The van der Waals surface area contributed by atoms with E-state index in [9.17, 15) is 0 Å². The quantitative estimate of drug-likeness (QED) is 0.460. The standard InChI is InChI=1S/C24H23ClN2/c25-24(16-21-12-6-11-20-10-4-5-14-23(20)21)22(13-7-15-27-24)18-26-17-19-8-2-1-3-9-19/h1-15,26-27H,16-18H2. The van der Waals surface area contributed by atoms with Crippen LogP contribution in [0.15, 0.2) is 96.7 Å². The third-order valence-corrected chi connectivity index (χ3v) is 5.50. The van der Waals surface area contributed by atoms with Crippen molar-refractivity contribution in [3.05, 3.63) is 108 Å². The fourth-order valence-corrected chi connectivity index (χ4v) is 3.92. The van der Waals surface area contributed by atoms with Gasteiger partial charge in [0.1, 0.15) is 5.00 Å². The van der Waals surface area contributed by atoms with E-state index in [1.807, 2.05) is 18.3 Å². The van der Waals surface area contributed by atoms with Crippen LogP contribution in [0.3, 0.4) is 0 Å². The zero-order valence-corrected chi connectivity index (χ0v) is 15.9. The van der Waals surface area contributed by atoms with Crippen LogP contribution in [0.2, 0.25) is 0 Å². The summed E-state index contributed by atoms with van der Waals surface area (Å²) in [7, 11) is 0. The van der Waals surface area contributed by atoms with Crippen LogP contribution < -0.4 is 10.6 Å². The maximum Gasteiger partial charge on any atom is 0.139 e. The van der Waals surface area contributed by atoms with Crippen molar-refractivity contribution in [1.82, 2.24) is 10.6 Å². The Bertz CT molecular complexity index is 973. The molecule has 0 radical (unpaired) electrons. The fourth-order valence-electron chi connectivity index (χ4n) is 3.58. The molecule has 0 amide bonds. The van der Waals surface area contributed by atoms with E-state index in [-0.39, 0.29) is 0 Å². The molecule has 3 heteroatoms. The van der Waals surface area contributed by atoms with Crippen LogP contribution in [-0.2, 0) is 13.0 Å². The van der Waals surface area contributed by atoms with Gasteiger partial charge in [-0.1, -0.05) is 90.5 Å². The van der Waals surface area contributed by atoms with E-state index in [0.717, 1.165) is 25.1 Å². The van der Waals surface area contributed by atoms with Gasteiger partial charge >= 0.3 is 0 Å². The number of allylic oxidation sites excluding steroid dienone is 2. The molecular weight excluding hydrogens is 352 g/mol. The van der Waals surface area contributed by atoms with Gasteiger partial charge in [-0.15, -0.1) is 0 Å². The summed E-state index contributed by atoms with van der Waals surface area (Å²) >= 11 is 7.09. The molecule has 1 heterocycles. The summed E-state index contributed by atoms with van der Waals surface area (Å²) in [6.45, 7) is 1.56. The summed E-state index contributed by atoms with van der Waals surface area (Å²) in [6.07, 6.45) is 6.79. The summed E-state index contributed by atoms with van der Waals surface area (Å²) in [4.78, 5) is -0.622. The van der Waals surface area contributed by atoms with Crippen molar-refractivity contribution in [3.8, 4) is 0 Å². The smallest absolute Gasteiger partial charge is 0.139 e. The van der Waals surface area contributed by atoms with Crippen LogP contribution in [0.1, 0.15) is 11.1 Å². The minimum atomic E-state index is -0.622. The molecule has 0 bridgehead atoms. The van der Waals surface area contributed by atoms with Crippen molar-refractivity contribution in [2.45, 2.75) is 18.0 Å². The zero-order chi connectivity index (χ0) is 18.5. The second-order valence-corrected chi connectivity index (χ2v) is 7.55. The Morgan fingerprint density at radius 3 is 2.52 bits per heavy atom. The first kappa shape index (κ1) is 17.8. The summed E-state index contributed by atoms with van der Waals surface area (Å²) in [5.74, 6) is 0. The molecule has 3 aromatic rings. The van der Waals surface area contributed by atoms with Crippen LogP contribution >= 0.6 is 11.6 Å². The monoisotopic (exact) mass is 374 g/mol. The Hall–Kier alpha value is -2.55. The maximum atomic E-state index is 7.09. The van der Waals surface area contributed by atoms with Gasteiger partial charge in [-0.05, 0) is 39.7 Å². The third-order valence-electron chi connectivity index (χ3n) is 5.02. The normalized spacial score (nSPS) is 18.9. The second-order valence-electron chi connectivity index (χ2n) is 6.90. The first-order valence-electron chi connectivity index (χ1n) is 9.29. The molecule has 4 rings (SSSR count). The van der Waals surface area contributed by atoms with Gasteiger partial charge in [0.05, 0.1) is 0 Å². The van der Waals surface area contributed by atoms with Gasteiger partial charge < -0.3 is 10.6 Å². The number of hydrogen-bond donors (Lipinski definition) is 2. The highest BCUT2D eigenvalue weighted by molar-refractivity contribution is 6.26. The van der Waals surface area contributed by atoms with E-state index >= 15 is 0 Å². The van der Waals surface area contributed by atoms with E-state index in [1.165, 1.54) is 21.9 Å². The lowest BCUT2D eigenvalue weighted by Gasteiger charge is -2.33. The van der Waals surface area contributed by atoms with Gasteiger partial charge in [0.2, 0.25) is 0 Å². The summed E-state index contributed by atoms with van der Waals surface area (Å²) < 4.78 is 0. The van der Waals surface area contributed by atoms with Crippen molar-refractivity contribution in [3.63, 3.8) is 0 Å². The van der Waals surface area contributed by atoms with Crippen LogP contribution in [0, 0.1) is 0 Å². The molecule has 0 fully saturated rings. The highest BCUT2D eigenvalue weighted by atomic mass is 35.5. The van der Waals surface area contributed by atoms with Crippen LogP contribution in [0.25, 0.3) is 10.8 Å². The Balaban J connectivity index is 1.51. The molecular formula is C24H23ClN2. The van der Waals surface area contributed by atoms with Gasteiger partial charge in [0, 0.05) is 19.5 Å². The molecule has 1 atom stereocenters. The lowest BCUT2D eigenvalue weighted by Crippen LogP contribution is -2.45. The molecule has 2 N–H and O–H groups in total. The topological polar surface area (TPSA) is 24.1 Å². The summed E-state index contributed by atoms with van der Waals surface area (Å²) in [6, 6.07) is 25.3. The summed E-state index contributed by atoms with van der Waals surface area (Å²) in [5, 5.41) is 9.41. The van der Waals surface area contributed by atoms with E-state index in [4.69, 9.17) is 11.6 Å². The minimum absolute atomic E-state index is 0.622. The Kier molecular flexibility index (Phi) is 5.28. The number of alkyl halides is 1. The Morgan fingerprint density at radius 2 is 1.63 bits per heavy atom. The van der Waals surface area contributed by atoms with Crippen molar-refractivity contribution in [2.75, 3.05) is 6.54 Å². The molecule has 3 aromatic carbocycles. The van der Waals surface area contributed by atoms with E-state index in [1.54, 1.807) is 0 Å². The van der Waals surface area contributed by atoms with Crippen molar-refractivity contribution in [1.29, 1.82) is 0 Å². The third kappa shape index (κ3) is 4.08. The number of nitrogens with one attached hydrogen (secondary N) is 2. The number of rotatable bonds is 6. The van der Waals surface area contributed by atoms with Gasteiger partial charge in [-0.25, -0.2) is 0 Å². The van der Waals surface area contributed by atoms with Crippen molar-refractivity contribution in [2.24, 2.45) is 0 Å². The zero-order valence-electron chi connectivity index (χ0n) is 15.2. The highest BCUT2D eigenvalue weighted by Gasteiger charge is 2.32. The first-order chi connectivity index (χ1) is 13.2. The molecule has 1 unspecified atom stereocenters. The molecule has 0 aromatic heterocycles. The van der Waals surface area contributed by atoms with Crippen LogP contribution in [-0.4, -0.2) is 11.5 Å². The maximum absolute atomic E-state index is 7.09. The van der Waals surface area contributed by atoms with E-state index in [2.05, 4.69) is 83.4 Å². The van der Waals surface area contributed by atoms with Gasteiger partial charge in [0.25, 0.3) is 0 Å². The molecule has 0 saturated heterocycles. The molecule has 0 saturated carbocycles. The first-order valence-corrected chi connectivity index (χ1v) is 9.66. The minimum Gasteiger partial charge on any atom is -0.369 e. The lowest BCUT2D eigenvalue weighted by atomic mass is 9.93. The number of benzene rings is 3.